The molecule has 164 valence electrons. The zero-order valence-electron chi connectivity index (χ0n) is 16.4. The van der Waals surface area contributed by atoms with Crippen molar-refractivity contribution in [3.63, 3.8) is 0 Å². The number of benzene rings is 1. The van der Waals surface area contributed by atoms with E-state index in [1.165, 1.54) is 12.1 Å². The van der Waals surface area contributed by atoms with Crippen molar-refractivity contribution < 1.29 is 22.8 Å². The Labute approximate surface area is 174 Å². The summed E-state index contributed by atoms with van der Waals surface area (Å²) >= 11 is 0. The first-order valence-electron chi connectivity index (χ1n) is 9.90. The highest BCUT2D eigenvalue weighted by Crippen LogP contribution is 2.36. The van der Waals surface area contributed by atoms with Gasteiger partial charge < -0.3 is 15.5 Å². The van der Waals surface area contributed by atoms with Gasteiger partial charge >= 0.3 is 6.18 Å². The largest absolute Gasteiger partial charge is 0.418 e. The fourth-order valence-electron chi connectivity index (χ4n) is 3.90. The third-order valence-electron chi connectivity index (χ3n) is 5.40. The van der Waals surface area contributed by atoms with Gasteiger partial charge in [0.25, 0.3) is 5.56 Å². The van der Waals surface area contributed by atoms with Crippen LogP contribution >= 0.6 is 0 Å². The van der Waals surface area contributed by atoms with E-state index in [-0.39, 0.29) is 17.8 Å². The summed E-state index contributed by atoms with van der Waals surface area (Å²) in [6, 6.07) is 4.52. The van der Waals surface area contributed by atoms with Gasteiger partial charge in [0.15, 0.2) is 0 Å². The molecule has 0 saturated carbocycles. The second kappa shape index (κ2) is 8.05. The van der Waals surface area contributed by atoms with Gasteiger partial charge in [0.2, 0.25) is 17.8 Å². The molecule has 2 aliphatic heterocycles. The maximum absolute atomic E-state index is 13.2. The molecule has 2 aliphatic rings. The number of piperidine rings is 1. The third kappa shape index (κ3) is 4.25. The molecule has 1 saturated heterocycles. The molecule has 2 amide bonds. The van der Waals surface area contributed by atoms with Gasteiger partial charge in [-0.15, -0.1) is 0 Å². The first-order valence-corrected chi connectivity index (χ1v) is 9.90. The van der Waals surface area contributed by atoms with E-state index in [2.05, 4.69) is 20.6 Å². The molecule has 1 fully saturated rings. The summed E-state index contributed by atoms with van der Waals surface area (Å²) in [5, 5.41) is 4.73. The number of hydrogen-bond acceptors (Lipinski definition) is 5. The van der Waals surface area contributed by atoms with Crippen LogP contribution in [-0.4, -0.2) is 34.9 Å². The summed E-state index contributed by atoms with van der Waals surface area (Å²) < 4.78 is 39.7. The van der Waals surface area contributed by atoms with Crippen LogP contribution in [0.1, 0.15) is 42.7 Å². The molecule has 0 bridgehead atoms. The van der Waals surface area contributed by atoms with E-state index in [0.717, 1.165) is 31.4 Å². The number of aromatic nitrogens is 2. The Morgan fingerprint density at radius 2 is 1.84 bits per heavy atom. The smallest absolute Gasteiger partial charge is 0.342 e. The fourth-order valence-corrected chi connectivity index (χ4v) is 3.90. The lowest BCUT2D eigenvalue weighted by Gasteiger charge is -2.29. The standard InChI is InChI=1S/C20H20F3N5O3/c21-20(22,23)12-6-2-3-7-13(12)24-17(30)11-10-14(29)25-16-15(11)18(31)27-19(26-16)28-8-4-1-5-9-28/h2-3,6-7,11H,1,4-5,8-10H2,(H,24,30)(H2,25,26,27,29,31)/t11-/m0/s1. The van der Waals surface area contributed by atoms with Crippen molar-refractivity contribution in [1.82, 2.24) is 9.97 Å². The Morgan fingerprint density at radius 1 is 1.13 bits per heavy atom. The maximum atomic E-state index is 13.2. The molecule has 1 aromatic heterocycles. The van der Waals surface area contributed by atoms with Crippen molar-refractivity contribution >= 4 is 29.3 Å². The molecule has 0 radical (unpaired) electrons. The Hall–Kier alpha value is -3.37. The molecular weight excluding hydrogens is 415 g/mol. The minimum absolute atomic E-state index is 0.0372. The number of hydrogen-bond donors (Lipinski definition) is 3. The molecule has 4 rings (SSSR count). The molecule has 8 nitrogen and oxygen atoms in total. The lowest BCUT2D eigenvalue weighted by Crippen LogP contribution is -2.39. The molecule has 2 aromatic rings. The average Bonchev–Trinajstić information content (AvgIpc) is 2.73. The van der Waals surface area contributed by atoms with Gasteiger partial charge in [-0.2, -0.15) is 18.2 Å². The number of carbonyl (C=O) groups is 2. The highest BCUT2D eigenvalue weighted by atomic mass is 19.4. The van der Waals surface area contributed by atoms with Crippen LogP contribution in [0.15, 0.2) is 29.1 Å². The summed E-state index contributed by atoms with van der Waals surface area (Å²) in [6.45, 7) is 1.40. The number of aromatic amines is 1. The molecule has 0 spiro atoms. The number of anilines is 3. The Morgan fingerprint density at radius 3 is 2.55 bits per heavy atom. The number of alkyl halides is 3. The number of para-hydroxylation sites is 1. The van der Waals surface area contributed by atoms with Gasteiger partial charge in [-0.3, -0.25) is 19.4 Å². The quantitative estimate of drug-likeness (QED) is 0.687. The average molecular weight is 435 g/mol. The van der Waals surface area contributed by atoms with Crippen molar-refractivity contribution in [3.05, 3.63) is 45.7 Å². The Kier molecular flexibility index (Phi) is 5.42. The van der Waals surface area contributed by atoms with E-state index in [4.69, 9.17) is 0 Å². The minimum atomic E-state index is -4.67. The van der Waals surface area contributed by atoms with Crippen LogP contribution in [0.3, 0.4) is 0 Å². The minimum Gasteiger partial charge on any atom is -0.342 e. The van der Waals surface area contributed by atoms with E-state index >= 15 is 0 Å². The number of rotatable bonds is 3. The number of amides is 2. The zero-order chi connectivity index (χ0) is 22.2. The first kappa shape index (κ1) is 20.9. The van der Waals surface area contributed by atoms with Crippen LogP contribution in [0.4, 0.5) is 30.6 Å². The van der Waals surface area contributed by atoms with Crippen LogP contribution in [-0.2, 0) is 15.8 Å². The van der Waals surface area contributed by atoms with Crippen LogP contribution in [0.25, 0.3) is 0 Å². The summed E-state index contributed by atoms with van der Waals surface area (Å²) in [6.07, 6.45) is -2.09. The monoisotopic (exact) mass is 435 g/mol. The summed E-state index contributed by atoms with van der Waals surface area (Å²) in [4.78, 5) is 46.7. The molecular formula is C20H20F3N5O3. The van der Waals surface area contributed by atoms with E-state index in [9.17, 15) is 27.6 Å². The normalized spacial score (nSPS) is 18.9. The van der Waals surface area contributed by atoms with Gasteiger partial charge in [-0.05, 0) is 31.4 Å². The van der Waals surface area contributed by atoms with Crippen LogP contribution < -0.4 is 21.1 Å². The van der Waals surface area contributed by atoms with E-state index in [0.29, 0.717) is 19.0 Å². The number of nitrogens with one attached hydrogen (secondary N) is 3. The van der Waals surface area contributed by atoms with E-state index < -0.39 is 40.7 Å². The lowest BCUT2D eigenvalue weighted by atomic mass is 9.92. The number of halogens is 3. The van der Waals surface area contributed by atoms with Crippen molar-refractivity contribution in [2.24, 2.45) is 0 Å². The second-order valence-electron chi connectivity index (χ2n) is 7.54. The van der Waals surface area contributed by atoms with Crippen molar-refractivity contribution in [1.29, 1.82) is 0 Å². The summed E-state index contributed by atoms with van der Waals surface area (Å²) in [5.41, 5.74) is -2.13. The number of H-pyrrole nitrogens is 1. The Balaban J connectivity index is 1.66. The number of nitrogens with zero attached hydrogens (tertiary/aromatic N) is 2. The molecule has 1 aromatic carbocycles. The number of fused-ring (bicyclic) bond motifs is 1. The third-order valence-corrected chi connectivity index (χ3v) is 5.40. The maximum Gasteiger partial charge on any atom is 0.418 e. The number of carbonyl (C=O) groups excluding carboxylic acids is 2. The summed E-state index contributed by atoms with van der Waals surface area (Å²) in [7, 11) is 0. The highest BCUT2D eigenvalue weighted by Gasteiger charge is 2.37. The molecule has 11 heteroatoms. The molecule has 1 atom stereocenters. The van der Waals surface area contributed by atoms with Crippen molar-refractivity contribution in [2.75, 3.05) is 28.6 Å². The van der Waals surface area contributed by atoms with Gasteiger partial charge in [0.1, 0.15) is 5.82 Å². The molecule has 31 heavy (non-hydrogen) atoms. The predicted octanol–water partition coefficient (Wildman–Crippen LogP) is 2.84. The molecule has 3 N–H and O–H groups in total. The molecule has 0 aliphatic carbocycles. The van der Waals surface area contributed by atoms with Crippen LogP contribution in [0, 0.1) is 0 Å². The van der Waals surface area contributed by atoms with Crippen molar-refractivity contribution in [2.45, 2.75) is 37.8 Å². The fraction of sp³-hybridized carbons (Fsp3) is 0.400. The van der Waals surface area contributed by atoms with Gasteiger partial charge in [0, 0.05) is 19.5 Å². The highest BCUT2D eigenvalue weighted by molar-refractivity contribution is 6.04. The topological polar surface area (TPSA) is 107 Å². The lowest BCUT2D eigenvalue weighted by molar-refractivity contribution is -0.137. The zero-order valence-corrected chi connectivity index (χ0v) is 16.4. The predicted molar refractivity (Wildman–Crippen MR) is 107 cm³/mol. The molecule has 3 heterocycles. The van der Waals surface area contributed by atoms with Crippen LogP contribution in [0.2, 0.25) is 0 Å². The second-order valence-corrected chi connectivity index (χ2v) is 7.54. The summed E-state index contributed by atoms with van der Waals surface area (Å²) in [5.74, 6) is -2.43. The molecule has 0 unspecified atom stereocenters. The SMILES string of the molecule is O=C1C[C@H](C(=O)Nc2ccccc2C(F)(F)F)c2c(nc(N3CCCCC3)[nH]c2=O)N1. The van der Waals surface area contributed by atoms with Crippen LogP contribution in [0.5, 0.6) is 0 Å². The van der Waals surface area contributed by atoms with Crippen molar-refractivity contribution in [3.8, 4) is 0 Å². The van der Waals surface area contributed by atoms with Gasteiger partial charge in [0.05, 0.1) is 22.7 Å². The van der Waals surface area contributed by atoms with Gasteiger partial charge in [-0.1, -0.05) is 12.1 Å². The van der Waals surface area contributed by atoms with Gasteiger partial charge in [-0.25, -0.2) is 0 Å². The van der Waals surface area contributed by atoms with E-state index in [1.807, 2.05) is 4.90 Å². The Bertz CT molecular complexity index is 1080. The first-order chi connectivity index (χ1) is 14.7. The van der Waals surface area contributed by atoms with E-state index in [1.54, 1.807) is 0 Å².